The first-order chi connectivity index (χ1) is 5.64. The van der Waals surface area contributed by atoms with E-state index in [1.807, 2.05) is 0 Å². The van der Waals surface area contributed by atoms with Crippen molar-refractivity contribution in [1.82, 2.24) is 5.32 Å². The summed E-state index contributed by atoms with van der Waals surface area (Å²) in [6.07, 6.45) is 3.34. The third-order valence-corrected chi connectivity index (χ3v) is 2.53. The van der Waals surface area contributed by atoms with Crippen LogP contribution in [0.4, 0.5) is 0 Å². The van der Waals surface area contributed by atoms with E-state index in [0.29, 0.717) is 12.8 Å². The van der Waals surface area contributed by atoms with Crippen molar-refractivity contribution in [2.75, 3.05) is 0 Å². The molecule has 0 heterocycles. The highest BCUT2D eigenvalue weighted by Crippen LogP contribution is 2.37. The Morgan fingerprint density at radius 2 is 1.92 bits per heavy atom. The lowest BCUT2D eigenvalue weighted by molar-refractivity contribution is -0.129. The van der Waals surface area contributed by atoms with Gasteiger partial charge in [0.1, 0.15) is 5.54 Å². The number of hydrogen-bond acceptors (Lipinski definition) is 2. The van der Waals surface area contributed by atoms with Crippen molar-refractivity contribution in [3.05, 3.63) is 0 Å². The van der Waals surface area contributed by atoms with Crippen LogP contribution >= 0.6 is 0 Å². The van der Waals surface area contributed by atoms with Crippen LogP contribution in [0.25, 0.3) is 0 Å². The first-order valence-electron chi connectivity index (χ1n) is 4.26. The fraction of sp³-hybridized carbons (Fsp3) is 0.750. The molecule has 3 N–H and O–H groups in total. The number of primary amides is 1. The van der Waals surface area contributed by atoms with Crippen LogP contribution in [0, 0.1) is 5.92 Å². The third kappa shape index (κ3) is 1.17. The zero-order valence-corrected chi connectivity index (χ0v) is 6.80. The zero-order chi connectivity index (χ0) is 8.77. The highest BCUT2D eigenvalue weighted by molar-refractivity contribution is 5.94. The van der Waals surface area contributed by atoms with Gasteiger partial charge in [-0.2, -0.15) is 0 Å². The van der Waals surface area contributed by atoms with Gasteiger partial charge in [0.05, 0.1) is 0 Å². The maximum Gasteiger partial charge on any atom is 0.243 e. The van der Waals surface area contributed by atoms with E-state index in [4.69, 9.17) is 5.73 Å². The molecule has 0 aromatic heterocycles. The van der Waals surface area contributed by atoms with Gasteiger partial charge in [0.2, 0.25) is 11.8 Å². The molecule has 0 saturated heterocycles. The molecule has 4 heteroatoms. The predicted molar refractivity (Wildman–Crippen MR) is 42.0 cm³/mol. The molecule has 0 aliphatic heterocycles. The average molecular weight is 168 g/mol. The molecule has 4 nitrogen and oxygen atoms in total. The van der Waals surface area contributed by atoms with Crippen LogP contribution in [0.1, 0.15) is 25.7 Å². The molecule has 0 bridgehead atoms. The molecule has 2 amide bonds. The SMILES string of the molecule is NC(=O)C1(NC(=O)C2CC2)CC1. The van der Waals surface area contributed by atoms with E-state index in [9.17, 15) is 9.59 Å². The molecule has 0 unspecified atom stereocenters. The van der Waals surface area contributed by atoms with E-state index in [-0.39, 0.29) is 11.8 Å². The molecular formula is C8H12N2O2. The number of nitrogens with two attached hydrogens (primary N) is 1. The van der Waals surface area contributed by atoms with Crippen LogP contribution in [0.3, 0.4) is 0 Å². The second-order valence-corrected chi connectivity index (χ2v) is 3.71. The monoisotopic (exact) mass is 168 g/mol. The van der Waals surface area contributed by atoms with Gasteiger partial charge < -0.3 is 11.1 Å². The van der Waals surface area contributed by atoms with Crippen LogP contribution < -0.4 is 11.1 Å². The molecule has 2 aliphatic rings. The zero-order valence-electron chi connectivity index (χ0n) is 6.80. The molecule has 2 fully saturated rings. The summed E-state index contributed by atoms with van der Waals surface area (Å²) >= 11 is 0. The van der Waals surface area contributed by atoms with Gasteiger partial charge in [-0.3, -0.25) is 9.59 Å². The number of rotatable bonds is 3. The molecule has 2 rings (SSSR count). The van der Waals surface area contributed by atoms with Crippen molar-refractivity contribution in [2.24, 2.45) is 11.7 Å². The fourth-order valence-electron chi connectivity index (χ4n) is 1.24. The first-order valence-corrected chi connectivity index (χ1v) is 4.26. The Labute approximate surface area is 70.5 Å². The van der Waals surface area contributed by atoms with Crippen molar-refractivity contribution in [3.63, 3.8) is 0 Å². The number of carbonyl (C=O) groups is 2. The van der Waals surface area contributed by atoms with Crippen molar-refractivity contribution in [1.29, 1.82) is 0 Å². The number of nitrogens with one attached hydrogen (secondary N) is 1. The lowest BCUT2D eigenvalue weighted by Crippen LogP contribution is -2.47. The Bertz CT molecular complexity index is 241. The summed E-state index contributed by atoms with van der Waals surface area (Å²) in [5.41, 5.74) is 4.48. The smallest absolute Gasteiger partial charge is 0.243 e. The quantitative estimate of drug-likeness (QED) is 0.598. The molecule has 0 spiro atoms. The van der Waals surface area contributed by atoms with Crippen molar-refractivity contribution in [2.45, 2.75) is 31.2 Å². The van der Waals surface area contributed by atoms with Gasteiger partial charge >= 0.3 is 0 Å². The van der Waals surface area contributed by atoms with E-state index in [1.165, 1.54) is 0 Å². The Kier molecular flexibility index (Phi) is 1.40. The summed E-state index contributed by atoms with van der Waals surface area (Å²) in [6, 6.07) is 0. The minimum absolute atomic E-state index is 0.00583. The van der Waals surface area contributed by atoms with Crippen molar-refractivity contribution in [3.8, 4) is 0 Å². The predicted octanol–water partition coefficient (Wildman–Crippen LogP) is -0.470. The first kappa shape index (κ1) is 7.58. The Hall–Kier alpha value is -1.06. The van der Waals surface area contributed by atoms with E-state index in [2.05, 4.69) is 5.32 Å². The summed E-state index contributed by atoms with van der Waals surface area (Å²) < 4.78 is 0. The molecule has 2 saturated carbocycles. The van der Waals surface area contributed by atoms with E-state index < -0.39 is 11.4 Å². The van der Waals surface area contributed by atoms with Crippen molar-refractivity contribution >= 4 is 11.8 Å². The molecule has 0 radical (unpaired) electrons. The molecule has 66 valence electrons. The fourth-order valence-corrected chi connectivity index (χ4v) is 1.24. The number of amides is 2. The molecular weight excluding hydrogens is 156 g/mol. The highest BCUT2D eigenvalue weighted by Gasteiger charge is 2.51. The van der Waals surface area contributed by atoms with Crippen molar-refractivity contribution < 1.29 is 9.59 Å². The average Bonchev–Trinajstić information content (AvgIpc) is 2.84. The molecule has 0 aromatic carbocycles. The Morgan fingerprint density at radius 1 is 1.33 bits per heavy atom. The lowest BCUT2D eigenvalue weighted by atomic mass is 10.2. The normalized spacial score (nSPS) is 24.7. The third-order valence-electron chi connectivity index (χ3n) is 2.53. The molecule has 0 atom stereocenters. The topological polar surface area (TPSA) is 72.2 Å². The largest absolute Gasteiger partial charge is 0.368 e. The van der Waals surface area contributed by atoms with E-state index in [1.54, 1.807) is 0 Å². The molecule has 2 aliphatic carbocycles. The van der Waals surface area contributed by atoms with Gasteiger partial charge in [-0.25, -0.2) is 0 Å². The summed E-state index contributed by atoms with van der Waals surface area (Å²) in [4.78, 5) is 22.1. The van der Waals surface area contributed by atoms with Crippen LogP contribution in [-0.4, -0.2) is 17.4 Å². The lowest BCUT2D eigenvalue weighted by Gasteiger charge is -2.12. The van der Waals surface area contributed by atoms with E-state index >= 15 is 0 Å². The van der Waals surface area contributed by atoms with Crippen LogP contribution in [0.5, 0.6) is 0 Å². The summed E-state index contributed by atoms with van der Waals surface area (Å²) in [7, 11) is 0. The summed E-state index contributed by atoms with van der Waals surface area (Å²) in [5, 5.41) is 2.72. The van der Waals surface area contributed by atoms with Crippen LogP contribution in [-0.2, 0) is 9.59 Å². The van der Waals surface area contributed by atoms with Gasteiger partial charge in [-0.05, 0) is 25.7 Å². The Balaban J connectivity index is 1.93. The maximum absolute atomic E-state index is 11.2. The molecule has 0 aromatic rings. The summed E-state index contributed by atoms with van der Waals surface area (Å²) in [5.74, 6) is -0.232. The van der Waals surface area contributed by atoms with Gasteiger partial charge in [0, 0.05) is 5.92 Å². The van der Waals surface area contributed by atoms with Gasteiger partial charge in [0.25, 0.3) is 0 Å². The second kappa shape index (κ2) is 2.21. The van der Waals surface area contributed by atoms with Gasteiger partial charge in [0.15, 0.2) is 0 Å². The highest BCUT2D eigenvalue weighted by atomic mass is 16.2. The maximum atomic E-state index is 11.2. The number of carbonyl (C=O) groups excluding carboxylic acids is 2. The van der Waals surface area contributed by atoms with Gasteiger partial charge in [-0.15, -0.1) is 0 Å². The minimum atomic E-state index is -0.667. The minimum Gasteiger partial charge on any atom is -0.368 e. The van der Waals surface area contributed by atoms with Gasteiger partial charge in [-0.1, -0.05) is 0 Å². The standard InChI is InChI=1S/C8H12N2O2/c9-7(12)8(3-4-8)10-6(11)5-1-2-5/h5H,1-4H2,(H2,9,12)(H,10,11). The van der Waals surface area contributed by atoms with E-state index in [0.717, 1.165) is 12.8 Å². The summed E-state index contributed by atoms with van der Waals surface area (Å²) in [6.45, 7) is 0. The van der Waals surface area contributed by atoms with Crippen LogP contribution in [0.2, 0.25) is 0 Å². The molecule has 12 heavy (non-hydrogen) atoms. The Morgan fingerprint density at radius 3 is 2.25 bits per heavy atom. The van der Waals surface area contributed by atoms with Crippen LogP contribution in [0.15, 0.2) is 0 Å². The number of hydrogen-bond donors (Lipinski definition) is 2. The second-order valence-electron chi connectivity index (χ2n) is 3.71.